The van der Waals surface area contributed by atoms with E-state index in [1.807, 2.05) is 0 Å². The molecule has 3 N–H and O–H groups in total. The molecule has 2 amide bonds. The zero-order chi connectivity index (χ0) is 11.3. The van der Waals surface area contributed by atoms with Gasteiger partial charge in [-0.2, -0.15) is 0 Å². The van der Waals surface area contributed by atoms with Gasteiger partial charge in [-0.15, -0.1) is 0 Å². The van der Waals surface area contributed by atoms with Crippen molar-refractivity contribution < 1.29 is 9.59 Å². The van der Waals surface area contributed by atoms with Crippen LogP contribution in [-0.2, 0) is 4.79 Å². The average Bonchev–Trinajstić information content (AvgIpc) is 2.17. The molecular formula is C11H12N2O2. The van der Waals surface area contributed by atoms with Gasteiger partial charge in [0.2, 0.25) is 5.91 Å². The van der Waals surface area contributed by atoms with Gasteiger partial charge in [-0.25, -0.2) is 0 Å². The van der Waals surface area contributed by atoms with Gasteiger partial charge in [-0.05, 0) is 24.6 Å². The summed E-state index contributed by atoms with van der Waals surface area (Å²) in [5.41, 5.74) is 5.93. The Morgan fingerprint density at radius 2 is 2.13 bits per heavy atom. The fraction of sp³-hybridized carbons (Fsp3) is 0.182. The van der Waals surface area contributed by atoms with E-state index in [0.717, 1.165) is 0 Å². The van der Waals surface area contributed by atoms with Gasteiger partial charge in [0.15, 0.2) is 0 Å². The van der Waals surface area contributed by atoms with Crippen molar-refractivity contribution >= 4 is 11.8 Å². The molecule has 0 heterocycles. The molecule has 0 bridgehead atoms. The van der Waals surface area contributed by atoms with Gasteiger partial charge in [-0.1, -0.05) is 12.1 Å². The van der Waals surface area contributed by atoms with Gasteiger partial charge in [0.25, 0.3) is 5.91 Å². The van der Waals surface area contributed by atoms with E-state index in [-0.39, 0.29) is 18.9 Å². The molecule has 0 unspecified atom stereocenters. The molecule has 0 atom stereocenters. The first-order valence-electron chi connectivity index (χ1n) is 4.51. The van der Waals surface area contributed by atoms with Crippen LogP contribution in [0.1, 0.15) is 22.3 Å². The summed E-state index contributed by atoms with van der Waals surface area (Å²) >= 11 is 0. The maximum absolute atomic E-state index is 11.5. The first-order valence-corrected chi connectivity index (χ1v) is 4.51. The van der Waals surface area contributed by atoms with Crippen LogP contribution < -0.4 is 11.1 Å². The van der Waals surface area contributed by atoms with Crippen LogP contribution in [0.15, 0.2) is 24.3 Å². The summed E-state index contributed by atoms with van der Waals surface area (Å²) in [7, 11) is 0. The van der Waals surface area contributed by atoms with Crippen molar-refractivity contribution in [2.75, 3.05) is 6.54 Å². The van der Waals surface area contributed by atoms with Crippen LogP contribution in [-0.4, -0.2) is 18.4 Å². The lowest BCUT2D eigenvalue weighted by Crippen LogP contribution is -2.27. The Kier molecular flexibility index (Phi) is 3.85. The van der Waals surface area contributed by atoms with Gasteiger partial charge in [0.1, 0.15) is 0 Å². The summed E-state index contributed by atoms with van der Waals surface area (Å²) in [5, 5.41) is 2.56. The largest absolute Gasteiger partial charge is 0.370 e. The Hall–Kier alpha value is -1.84. The van der Waals surface area contributed by atoms with E-state index in [2.05, 4.69) is 5.32 Å². The maximum Gasteiger partial charge on any atom is 0.251 e. The molecular weight excluding hydrogens is 192 g/mol. The van der Waals surface area contributed by atoms with E-state index in [1.165, 1.54) is 0 Å². The minimum atomic E-state index is -0.442. The quantitative estimate of drug-likeness (QED) is 0.742. The van der Waals surface area contributed by atoms with Crippen molar-refractivity contribution in [3.63, 3.8) is 0 Å². The van der Waals surface area contributed by atoms with Crippen LogP contribution in [0.2, 0.25) is 0 Å². The minimum Gasteiger partial charge on any atom is -0.370 e. The van der Waals surface area contributed by atoms with E-state index in [1.54, 1.807) is 24.3 Å². The summed E-state index contributed by atoms with van der Waals surface area (Å²) in [6.07, 6.45) is 0.133. The van der Waals surface area contributed by atoms with Crippen molar-refractivity contribution in [1.29, 1.82) is 0 Å². The first-order chi connectivity index (χ1) is 7.09. The number of nitrogens with one attached hydrogen (secondary N) is 1. The van der Waals surface area contributed by atoms with Gasteiger partial charge in [0, 0.05) is 18.5 Å². The Bertz CT molecular complexity index is 375. The third-order valence-electron chi connectivity index (χ3n) is 1.81. The molecule has 0 aromatic heterocycles. The Morgan fingerprint density at radius 1 is 1.40 bits per heavy atom. The van der Waals surface area contributed by atoms with E-state index in [9.17, 15) is 9.59 Å². The highest BCUT2D eigenvalue weighted by molar-refractivity contribution is 5.94. The SMILES string of the molecule is [CH]c1cccc(C(=O)NCCC(N)=O)c1. The predicted molar refractivity (Wildman–Crippen MR) is 56.0 cm³/mol. The smallest absolute Gasteiger partial charge is 0.251 e. The highest BCUT2D eigenvalue weighted by Gasteiger charge is 2.04. The second kappa shape index (κ2) is 5.14. The Balaban J connectivity index is 2.50. The molecule has 0 fully saturated rings. The number of hydrogen-bond donors (Lipinski definition) is 2. The van der Waals surface area contributed by atoms with Crippen LogP contribution >= 0.6 is 0 Å². The van der Waals surface area contributed by atoms with Crippen molar-refractivity contribution in [1.82, 2.24) is 5.32 Å². The lowest BCUT2D eigenvalue weighted by Gasteiger charge is -2.03. The van der Waals surface area contributed by atoms with E-state index in [0.29, 0.717) is 11.1 Å². The van der Waals surface area contributed by atoms with Gasteiger partial charge in [0.05, 0.1) is 0 Å². The maximum atomic E-state index is 11.5. The van der Waals surface area contributed by atoms with Crippen molar-refractivity contribution in [3.8, 4) is 0 Å². The zero-order valence-corrected chi connectivity index (χ0v) is 8.19. The second-order valence-corrected chi connectivity index (χ2v) is 3.10. The van der Waals surface area contributed by atoms with Crippen molar-refractivity contribution in [2.24, 2.45) is 5.73 Å². The van der Waals surface area contributed by atoms with E-state index < -0.39 is 5.91 Å². The molecule has 2 radical (unpaired) electrons. The molecule has 4 heteroatoms. The number of carbonyl (C=O) groups excluding carboxylic acids is 2. The van der Waals surface area contributed by atoms with E-state index in [4.69, 9.17) is 12.7 Å². The molecule has 15 heavy (non-hydrogen) atoms. The predicted octanol–water partition coefficient (Wildman–Crippen LogP) is 0.351. The fourth-order valence-corrected chi connectivity index (χ4v) is 1.08. The van der Waals surface area contributed by atoms with Gasteiger partial charge in [-0.3, -0.25) is 9.59 Å². The molecule has 0 aliphatic heterocycles. The Morgan fingerprint density at radius 3 is 2.73 bits per heavy atom. The van der Waals surface area contributed by atoms with Crippen LogP contribution in [0.3, 0.4) is 0 Å². The fourth-order valence-electron chi connectivity index (χ4n) is 1.08. The monoisotopic (exact) mass is 204 g/mol. The van der Waals surface area contributed by atoms with Crippen LogP contribution in [0.5, 0.6) is 0 Å². The topological polar surface area (TPSA) is 72.2 Å². The summed E-state index contributed by atoms with van der Waals surface area (Å²) in [6, 6.07) is 6.61. The number of benzene rings is 1. The van der Waals surface area contributed by atoms with Crippen LogP contribution in [0.25, 0.3) is 0 Å². The number of hydrogen-bond acceptors (Lipinski definition) is 2. The second-order valence-electron chi connectivity index (χ2n) is 3.10. The number of nitrogens with two attached hydrogens (primary N) is 1. The van der Waals surface area contributed by atoms with Crippen molar-refractivity contribution in [2.45, 2.75) is 6.42 Å². The highest BCUT2D eigenvalue weighted by Crippen LogP contribution is 2.03. The molecule has 1 aromatic rings. The minimum absolute atomic E-state index is 0.133. The number of rotatable bonds is 4. The number of primary amides is 1. The lowest BCUT2D eigenvalue weighted by atomic mass is 10.1. The summed E-state index contributed by atoms with van der Waals surface area (Å²) < 4.78 is 0. The zero-order valence-electron chi connectivity index (χ0n) is 8.19. The van der Waals surface area contributed by atoms with Crippen LogP contribution in [0, 0.1) is 6.92 Å². The molecule has 1 rings (SSSR count). The van der Waals surface area contributed by atoms with E-state index >= 15 is 0 Å². The molecule has 0 saturated carbocycles. The lowest BCUT2D eigenvalue weighted by molar-refractivity contribution is -0.117. The van der Waals surface area contributed by atoms with Gasteiger partial charge >= 0.3 is 0 Å². The van der Waals surface area contributed by atoms with Gasteiger partial charge < -0.3 is 11.1 Å². The highest BCUT2D eigenvalue weighted by atomic mass is 16.2. The molecule has 78 valence electrons. The summed E-state index contributed by atoms with van der Waals surface area (Å²) in [6.45, 7) is 5.76. The molecule has 1 aromatic carbocycles. The molecule has 0 saturated heterocycles. The molecule has 0 spiro atoms. The normalized spacial score (nSPS) is 9.67. The van der Waals surface area contributed by atoms with Crippen LogP contribution in [0.4, 0.5) is 0 Å². The average molecular weight is 204 g/mol. The number of amides is 2. The summed E-state index contributed by atoms with van der Waals surface area (Å²) in [5.74, 6) is -0.702. The third-order valence-corrected chi connectivity index (χ3v) is 1.81. The molecule has 4 nitrogen and oxygen atoms in total. The standard InChI is InChI=1S/C11H12N2O2/c1-8-3-2-4-9(7-8)11(15)13-6-5-10(12)14/h1-4,7H,5-6H2,(H2,12,14)(H,13,15). The molecule has 0 aliphatic rings. The molecule has 0 aliphatic carbocycles. The summed E-state index contributed by atoms with van der Waals surface area (Å²) in [4.78, 5) is 21.9. The Labute approximate surface area is 88.5 Å². The number of carbonyl (C=O) groups is 2. The third kappa shape index (κ3) is 3.81. The van der Waals surface area contributed by atoms with Crippen molar-refractivity contribution in [3.05, 3.63) is 42.3 Å². The first kappa shape index (κ1) is 11.2.